The minimum atomic E-state index is -0.231. The summed E-state index contributed by atoms with van der Waals surface area (Å²) >= 11 is 0. The van der Waals surface area contributed by atoms with Gasteiger partial charge in [-0.1, -0.05) is 6.07 Å². The van der Waals surface area contributed by atoms with Crippen LogP contribution in [0.5, 0.6) is 0 Å². The number of nitrogens with zero attached hydrogens (tertiary/aromatic N) is 5. The maximum Gasteiger partial charge on any atom is 0.272 e. The van der Waals surface area contributed by atoms with Crippen LogP contribution in [0, 0.1) is 0 Å². The van der Waals surface area contributed by atoms with Gasteiger partial charge in [0.15, 0.2) is 11.5 Å². The molecular weight excluding hydrogens is 356 g/mol. The van der Waals surface area contributed by atoms with Gasteiger partial charge in [-0.3, -0.25) is 14.2 Å². The quantitative estimate of drug-likeness (QED) is 0.534. The maximum absolute atomic E-state index is 12.8. The SMILES string of the molecule is COCCn1cnc(-c2nc(C(=O)NCc3ccncc3)c3ccccn23)c1. The lowest BCUT2D eigenvalue weighted by Crippen LogP contribution is -2.23. The lowest BCUT2D eigenvalue weighted by Gasteiger charge is -2.03. The summed E-state index contributed by atoms with van der Waals surface area (Å²) in [5, 5.41) is 2.92. The first kappa shape index (κ1) is 17.9. The molecule has 0 atom stereocenters. The summed E-state index contributed by atoms with van der Waals surface area (Å²) in [6, 6.07) is 9.39. The van der Waals surface area contributed by atoms with Crippen molar-refractivity contribution in [2.24, 2.45) is 0 Å². The Kier molecular flexibility index (Phi) is 5.11. The Balaban J connectivity index is 1.62. The minimum Gasteiger partial charge on any atom is -0.383 e. The molecule has 1 amide bonds. The monoisotopic (exact) mass is 376 g/mol. The van der Waals surface area contributed by atoms with E-state index < -0.39 is 0 Å². The molecule has 0 saturated heterocycles. The predicted octanol–water partition coefficient (Wildman–Crippen LogP) is 2.17. The van der Waals surface area contributed by atoms with E-state index in [4.69, 9.17) is 4.74 Å². The Hall–Kier alpha value is -3.52. The second kappa shape index (κ2) is 8.01. The Morgan fingerprint density at radius 2 is 2.07 bits per heavy atom. The van der Waals surface area contributed by atoms with E-state index in [1.165, 1.54) is 0 Å². The minimum absolute atomic E-state index is 0.231. The number of carbonyl (C=O) groups excluding carboxylic acids is 1. The highest BCUT2D eigenvalue weighted by Gasteiger charge is 2.19. The number of methoxy groups -OCH3 is 1. The molecule has 4 rings (SSSR count). The summed E-state index contributed by atoms with van der Waals surface area (Å²) in [7, 11) is 1.66. The fourth-order valence-corrected chi connectivity index (χ4v) is 2.95. The molecule has 8 heteroatoms. The summed E-state index contributed by atoms with van der Waals surface area (Å²) in [6.45, 7) is 1.71. The number of hydrogen-bond acceptors (Lipinski definition) is 5. The van der Waals surface area contributed by atoms with Crippen LogP contribution in [0.1, 0.15) is 16.1 Å². The van der Waals surface area contributed by atoms with Crippen molar-refractivity contribution in [3.63, 3.8) is 0 Å². The van der Waals surface area contributed by atoms with Crippen LogP contribution < -0.4 is 5.32 Å². The maximum atomic E-state index is 12.8. The van der Waals surface area contributed by atoms with E-state index in [0.29, 0.717) is 36.9 Å². The Labute approximate surface area is 161 Å². The molecule has 0 radical (unpaired) electrons. The van der Waals surface area contributed by atoms with Gasteiger partial charge in [0.25, 0.3) is 5.91 Å². The molecule has 0 spiro atoms. The van der Waals surface area contributed by atoms with Gasteiger partial charge < -0.3 is 14.6 Å². The molecule has 4 aromatic rings. The molecule has 0 bridgehead atoms. The van der Waals surface area contributed by atoms with Gasteiger partial charge >= 0.3 is 0 Å². The van der Waals surface area contributed by atoms with E-state index in [0.717, 1.165) is 11.1 Å². The highest BCUT2D eigenvalue weighted by atomic mass is 16.5. The average molecular weight is 376 g/mol. The topological polar surface area (TPSA) is 86.3 Å². The summed E-state index contributed by atoms with van der Waals surface area (Å²) < 4.78 is 8.92. The molecule has 1 N–H and O–H groups in total. The largest absolute Gasteiger partial charge is 0.383 e. The van der Waals surface area contributed by atoms with E-state index in [-0.39, 0.29) is 5.91 Å². The second-order valence-electron chi connectivity index (χ2n) is 6.27. The lowest BCUT2D eigenvalue weighted by atomic mass is 10.2. The highest BCUT2D eigenvalue weighted by Crippen LogP contribution is 2.21. The van der Waals surface area contributed by atoms with Crippen LogP contribution in [0.15, 0.2) is 61.4 Å². The molecule has 4 heterocycles. The number of pyridine rings is 2. The molecule has 4 aromatic heterocycles. The summed E-state index contributed by atoms with van der Waals surface area (Å²) in [5.41, 5.74) is 2.78. The van der Waals surface area contributed by atoms with Crippen molar-refractivity contribution >= 4 is 11.4 Å². The third-order valence-corrected chi connectivity index (χ3v) is 4.38. The normalized spacial score (nSPS) is 11.0. The molecule has 142 valence electrons. The van der Waals surface area contributed by atoms with Crippen LogP contribution in [0.25, 0.3) is 17.0 Å². The van der Waals surface area contributed by atoms with E-state index in [1.807, 2.05) is 51.7 Å². The molecule has 0 fully saturated rings. The molecule has 0 saturated carbocycles. The average Bonchev–Trinajstić information content (AvgIpc) is 3.36. The van der Waals surface area contributed by atoms with Gasteiger partial charge in [0.05, 0.1) is 18.5 Å². The van der Waals surface area contributed by atoms with E-state index >= 15 is 0 Å². The molecule has 28 heavy (non-hydrogen) atoms. The number of imidazole rings is 2. The fourth-order valence-electron chi connectivity index (χ4n) is 2.95. The first-order valence-electron chi connectivity index (χ1n) is 8.91. The Morgan fingerprint density at radius 3 is 2.89 bits per heavy atom. The lowest BCUT2D eigenvalue weighted by molar-refractivity contribution is 0.0948. The third-order valence-electron chi connectivity index (χ3n) is 4.38. The molecule has 0 aromatic carbocycles. The van der Waals surface area contributed by atoms with Gasteiger partial charge in [-0.2, -0.15) is 0 Å². The number of ether oxygens (including phenoxy) is 1. The van der Waals surface area contributed by atoms with Crippen LogP contribution >= 0.6 is 0 Å². The number of amides is 1. The van der Waals surface area contributed by atoms with Gasteiger partial charge in [0, 0.05) is 45.0 Å². The zero-order chi connectivity index (χ0) is 19.3. The first-order valence-corrected chi connectivity index (χ1v) is 8.91. The van der Waals surface area contributed by atoms with Crippen LogP contribution in [-0.4, -0.2) is 43.5 Å². The number of fused-ring (bicyclic) bond motifs is 1. The molecule has 0 unspecified atom stereocenters. The van der Waals surface area contributed by atoms with E-state index in [9.17, 15) is 4.79 Å². The summed E-state index contributed by atoms with van der Waals surface area (Å²) in [4.78, 5) is 25.8. The third kappa shape index (κ3) is 3.63. The number of hydrogen-bond donors (Lipinski definition) is 1. The van der Waals surface area contributed by atoms with Crippen LogP contribution in [0.3, 0.4) is 0 Å². The predicted molar refractivity (Wildman–Crippen MR) is 104 cm³/mol. The van der Waals surface area contributed by atoms with Gasteiger partial charge in [0.1, 0.15) is 5.69 Å². The van der Waals surface area contributed by atoms with E-state index in [2.05, 4.69) is 20.3 Å². The van der Waals surface area contributed by atoms with Crippen molar-refractivity contribution in [1.29, 1.82) is 0 Å². The van der Waals surface area contributed by atoms with E-state index in [1.54, 1.807) is 25.8 Å². The van der Waals surface area contributed by atoms with Crippen molar-refractivity contribution in [3.8, 4) is 11.5 Å². The molecule has 0 aliphatic heterocycles. The number of carbonyl (C=O) groups is 1. The van der Waals surface area contributed by atoms with Crippen LogP contribution in [-0.2, 0) is 17.8 Å². The number of rotatable bonds is 7. The first-order chi connectivity index (χ1) is 13.8. The molecular formula is C20H20N6O2. The van der Waals surface area contributed by atoms with Crippen LogP contribution in [0.4, 0.5) is 0 Å². The fraction of sp³-hybridized carbons (Fsp3) is 0.200. The second-order valence-corrected chi connectivity index (χ2v) is 6.27. The van der Waals surface area contributed by atoms with Crippen molar-refractivity contribution < 1.29 is 9.53 Å². The van der Waals surface area contributed by atoms with Crippen molar-refractivity contribution in [2.75, 3.05) is 13.7 Å². The summed E-state index contributed by atoms with van der Waals surface area (Å²) in [5.74, 6) is 0.395. The van der Waals surface area contributed by atoms with Crippen LogP contribution in [0.2, 0.25) is 0 Å². The van der Waals surface area contributed by atoms with Crippen molar-refractivity contribution in [1.82, 2.24) is 29.2 Å². The van der Waals surface area contributed by atoms with Crippen molar-refractivity contribution in [3.05, 3.63) is 72.7 Å². The Bertz CT molecular complexity index is 1090. The number of aromatic nitrogens is 5. The zero-order valence-electron chi connectivity index (χ0n) is 15.4. The molecule has 0 aliphatic carbocycles. The smallest absolute Gasteiger partial charge is 0.272 e. The van der Waals surface area contributed by atoms with Gasteiger partial charge in [-0.15, -0.1) is 0 Å². The standard InChI is InChI=1S/C20H20N6O2/c1-28-11-10-25-13-16(23-14-25)19-24-18(17-4-2-3-9-26(17)19)20(27)22-12-15-5-7-21-8-6-15/h2-9,13-14H,10-12H2,1H3,(H,22,27). The van der Waals surface area contributed by atoms with Gasteiger partial charge in [0.2, 0.25) is 0 Å². The molecule has 0 aliphatic rings. The highest BCUT2D eigenvalue weighted by molar-refractivity contribution is 5.99. The zero-order valence-corrected chi connectivity index (χ0v) is 15.4. The summed E-state index contributed by atoms with van der Waals surface area (Å²) in [6.07, 6.45) is 8.92. The Morgan fingerprint density at radius 1 is 1.21 bits per heavy atom. The molecule has 8 nitrogen and oxygen atoms in total. The van der Waals surface area contributed by atoms with Crippen molar-refractivity contribution in [2.45, 2.75) is 13.1 Å². The van der Waals surface area contributed by atoms with Gasteiger partial charge in [-0.25, -0.2) is 9.97 Å². The number of nitrogens with one attached hydrogen (secondary N) is 1. The van der Waals surface area contributed by atoms with Gasteiger partial charge in [-0.05, 0) is 29.8 Å².